The molecule has 6 nitrogen and oxygen atoms in total. The van der Waals surface area contributed by atoms with Crippen molar-refractivity contribution >= 4 is 39.7 Å². The Balaban J connectivity index is 1.33. The first-order valence-corrected chi connectivity index (χ1v) is 9.44. The molecule has 1 aliphatic rings. The van der Waals surface area contributed by atoms with E-state index in [0.717, 1.165) is 46.3 Å². The Bertz CT molecular complexity index is 1110. The molecule has 5 rings (SSSR count). The van der Waals surface area contributed by atoms with E-state index in [0.29, 0.717) is 19.0 Å². The van der Waals surface area contributed by atoms with Gasteiger partial charge in [0.2, 0.25) is 5.91 Å². The van der Waals surface area contributed by atoms with E-state index in [9.17, 15) is 4.79 Å². The summed E-state index contributed by atoms with van der Waals surface area (Å²) in [4.78, 5) is 17.3. The summed E-state index contributed by atoms with van der Waals surface area (Å²) in [5.41, 5.74) is 4.78. The smallest absolute Gasteiger partial charge is 0.240 e. The summed E-state index contributed by atoms with van der Waals surface area (Å²) in [5, 5.41) is 3.01. The van der Waals surface area contributed by atoms with E-state index in [2.05, 4.69) is 18.6 Å². The van der Waals surface area contributed by atoms with Crippen molar-refractivity contribution in [3.63, 3.8) is 0 Å². The minimum Gasteiger partial charge on any atom is -0.350 e. The van der Waals surface area contributed by atoms with Crippen LogP contribution in [-0.2, 0) is 17.9 Å². The predicted octanol–water partition coefficient (Wildman–Crippen LogP) is 3.23. The van der Waals surface area contributed by atoms with Gasteiger partial charge in [-0.05, 0) is 42.7 Å². The van der Waals surface area contributed by atoms with Crippen LogP contribution in [0.5, 0.6) is 0 Å². The molecule has 0 spiro atoms. The van der Waals surface area contributed by atoms with Gasteiger partial charge in [0.05, 0.1) is 22.8 Å². The molecule has 2 aromatic heterocycles. The number of para-hydroxylation sites is 2. The number of aromatic nitrogens is 4. The van der Waals surface area contributed by atoms with Gasteiger partial charge in [-0.1, -0.05) is 18.2 Å². The Kier molecular flexibility index (Phi) is 3.67. The molecule has 7 heteroatoms. The minimum absolute atomic E-state index is 0.00782. The number of imidazole rings is 1. The molecule has 1 fully saturated rings. The first kappa shape index (κ1) is 15.5. The van der Waals surface area contributed by atoms with Crippen molar-refractivity contribution < 1.29 is 4.79 Å². The summed E-state index contributed by atoms with van der Waals surface area (Å²) < 4.78 is 10.5. The lowest BCUT2D eigenvalue weighted by Crippen LogP contribution is -2.27. The highest BCUT2D eigenvalue weighted by Gasteiger charge is 2.30. The maximum Gasteiger partial charge on any atom is 0.240 e. The summed E-state index contributed by atoms with van der Waals surface area (Å²) in [7, 11) is 0. The van der Waals surface area contributed by atoms with Gasteiger partial charge < -0.3 is 9.88 Å². The molecule has 0 aliphatic heterocycles. The number of hydrogen-bond donors (Lipinski definition) is 1. The maximum atomic E-state index is 12.6. The summed E-state index contributed by atoms with van der Waals surface area (Å²) in [5.74, 6) is 1.53. The zero-order valence-electron chi connectivity index (χ0n) is 14.1. The van der Waals surface area contributed by atoms with E-state index in [1.54, 1.807) is 0 Å². The van der Waals surface area contributed by atoms with Gasteiger partial charge >= 0.3 is 0 Å². The molecular weight excluding hydrogens is 346 g/mol. The lowest BCUT2D eigenvalue weighted by molar-refractivity contribution is -0.121. The van der Waals surface area contributed by atoms with Crippen LogP contribution in [0.4, 0.5) is 0 Å². The summed E-state index contributed by atoms with van der Waals surface area (Å²) in [6.07, 6.45) is 2.32. The molecule has 1 N–H and O–H groups in total. The lowest BCUT2D eigenvalue weighted by Gasteiger charge is -2.10. The molecule has 4 aromatic rings. The van der Waals surface area contributed by atoms with Crippen LogP contribution in [0.25, 0.3) is 22.1 Å². The van der Waals surface area contributed by atoms with Crippen LogP contribution in [0.15, 0.2) is 42.5 Å². The highest BCUT2D eigenvalue weighted by Crippen LogP contribution is 2.40. The van der Waals surface area contributed by atoms with Gasteiger partial charge in [0.1, 0.15) is 23.4 Å². The van der Waals surface area contributed by atoms with Gasteiger partial charge in [0.15, 0.2) is 0 Å². The molecule has 26 heavy (non-hydrogen) atoms. The van der Waals surface area contributed by atoms with E-state index in [1.807, 2.05) is 42.5 Å². The third-order valence-electron chi connectivity index (χ3n) is 4.74. The Morgan fingerprint density at radius 2 is 1.96 bits per heavy atom. The Labute approximate surface area is 154 Å². The number of rotatable bonds is 5. The number of hydrogen-bond acceptors (Lipinski definition) is 5. The topological polar surface area (TPSA) is 72.7 Å². The summed E-state index contributed by atoms with van der Waals surface area (Å²) in [6, 6.07) is 13.9. The van der Waals surface area contributed by atoms with Crippen molar-refractivity contribution in [1.29, 1.82) is 0 Å². The number of carbonyl (C=O) groups excluding carboxylic acids is 1. The third-order valence-corrected chi connectivity index (χ3v) is 5.29. The largest absolute Gasteiger partial charge is 0.350 e. The average molecular weight is 363 g/mol. The molecule has 1 aliphatic carbocycles. The fraction of sp³-hybridized carbons (Fsp3) is 0.263. The molecule has 0 atom stereocenters. The van der Waals surface area contributed by atoms with Crippen LogP contribution in [0.1, 0.15) is 30.1 Å². The number of amides is 1. The monoisotopic (exact) mass is 363 g/mol. The van der Waals surface area contributed by atoms with Crippen molar-refractivity contribution in [2.24, 2.45) is 0 Å². The van der Waals surface area contributed by atoms with Crippen molar-refractivity contribution in [2.75, 3.05) is 0 Å². The number of carbonyl (C=O) groups is 1. The highest BCUT2D eigenvalue weighted by molar-refractivity contribution is 7.00. The first-order chi connectivity index (χ1) is 12.8. The van der Waals surface area contributed by atoms with Gasteiger partial charge in [0, 0.05) is 12.5 Å². The molecule has 0 radical (unpaired) electrons. The molecule has 0 unspecified atom stereocenters. The van der Waals surface area contributed by atoms with Gasteiger partial charge in [-0.3, -0.25) is 4.79 Å². The number of nitrogens with one attached hydrogen (secondary N) is 1. The lowest BCUT2D eigenvalue weighted by atomic mass is 10.2. The third kappa shape index (κ3) is 2.84. The van der Waals surface area contributed by atoms with Crippen LogP contribution in [-0.4, -0.2) is 24.2 Å². The van der Waals surface area contributed by atoms with Crippen molar-refractivity contribution in [1.82, 2.24) is 23.6 Å². The molecule has 0 bridgehead atoms. The van der Waals surface area contributed by atoms with Gasteiger partial charge in [-0.2, -0.15) is 8.75 Å². The van der Waals surface area contributed by atoms with Crippen LogP contribution in [0, 0.1) is 0 Å². The van der Waals surface area contributed by atoms with Crippen LogP contribution < -0.4 is 5.32 Å². The zero-order valence-corrected chi connectivity index (χ0v) is 14.9. The van der Waals surface area contributed by atoms with Crippen LogP contribution in [0.2, 0.25) is 0 Å². The van der Waals surface area contributed by atoms with Crippen molar-refractivity contribution in [3.8, 4) is 0 Å². The fourth-order valence-corrected chi connectivity index (χ4v) is 3.77. The van der Waals surface area contributed by atoms with E-state index >= 15 is 0 Å². The highest BCUT2D eigenvalue weighted by atomic mass is 32.1. The quantitative estimate of drug-likeness (QED) is 0.591. The normalized spacial score (nSPS) is 14.2. The van der Waals surface area contributed by atoms with Gasteiger partial charge in [-0.25, -0.2) is 4.98 Å². The summed E-state index contributed by atoms with van der Waals surface area (Å²) in [6.45, 7) is 0.782. The second-order valence-electron chi connectivity index (χ2n) is 6.68. The molecule has 2 heterocycles. The van der Waals surface area contributed by atoms with Crippen LogP contribution in [0.3, 0.4) is 0 Å². The number of nitrogens with zero attached hydrogens (tertiary/aromatic N) is 4. The van der Waals surface area contributed by atoms with Crippen molar-refractivity contribution in [2.45, 2.75) is 31.8 Å². The molecule has 1 saturated carbocycles. The van der Waals surface area contributed by atoms with E-state index in [4.69, 9.17) is 4.98 Å². The van der Waals surface area contributed by atoms with Crippen LogP contribution >= 0.6 is 11.7 Å². The molecule has 130 valence electrons. The maximum absolute atomic E-state index is 12.6. The Morgan fingerprint density at radius 1 is 1.12 bits per heavy atom. The average Bonchev–Trinajstić information content (AvgIpc) is 3.29. The zero-order chi connectivity index (χ0) is 17.5. The second-order valence-corrected chi connectivity index (χ2v) is 7.21. The SMILES string of the molecule is O=C(Cn1c(C2CC2)nc2ccccc21)NCc1ccc2nsnc2c1. The Hall–Kier alpha value is -2.80. The molecule has 0 saturated heterocycles. The van der Waals surface area contributed by atoms with E-state index < -0.39 is 0 Å². The number of benzene rings is 2. The molecule has 1 amide bonds. The van der Waals surface area contributed by atoms with E-state index in [1.165, 1.54) is 11.7 Å². The minimum atomic E-state index is -0.00782. The van der Waals surface area contributed by atoms with Crippen molar-refractivity contribution in [3.05, 3.63) is 53.9 Å². The molecule has 2 aromatic carbocycles. The summed E-state index contributed by atoms with van der Waals surface area (Å²) >= 11 is 1.20. The Morgan fingerprint density at radius 3 is 2.85 bits per heavy atom. The second kappa shape index (κ2) is 6.17. The standard InChI is InChI=1S/C19H17N5OS/c25-18(20-10-12-5-8-14-16(9-12)23-26-22-14)11-24-17-4-2-1-3-15(17)21-19(24)13-6-7-13/h1-5,8-9,13H,6-7,10-11H2,(H,20,25). The first-order valence-electron chi connectivity index (χ1n) is 8.71. The predicted molar refractivity (Wildman–Crippen MR) is 101 cm³/mol. The van der Waals surface area contributed by atoms with E-state index in [-0.39, 0.29) is 5.91 Å². The fourth-order valence-electron chi connectivity index (χ4n) is 3.25. The number of fused-ring (bicyclic) bond motifs is 2. The van der Waals surface area contributed by atoms with Gasteiger partial charge in [-0.15, -0.1) is 0 Å². The molecular formula is C19H17N5OS. The van der Waals surface area contributed by atoms with Gasteiger partial charge in [0.25, 0.3) is 0 Å².